The summed E-state index contributed by atoms with van der Waals surface area (Å²) >= 11 is 1.61. The van der Waals surface area contributed by atoms with Gasteiger partial charge in [0, 0.05) is 31.4 Å². The first-order valence-electron chi connectivity index (χ1n) is 8.75. The molecule has 0 bridgehead atoms. The number of thiazole rings is 1. The lowest BCUT2D eigenvalue weighted by molar-refractivity contribution is -0.121. The van der Waals surface area contributed by atoms with Gasteiger partial charge in [0.15, 0.2) is 0 Å². The van der Waals surface area contributed by atoms with Crippen molar-refractivity contribution in [3.8, 4) is 0 Å². The van der Waals surface area contributed by atoms with Crippen molar-refractivity contribution in [1.82, 2.24) is 15.2 Å². The molecule has 0 unspecified atom stereocenters. The molecular weight excluding hydrogens is 334 g/mol. The van der Waals surface area contributed by atoms with Crippen LogP contribution in [-0.4, -0.2) is 42.1 Å². The first-order valence-corrected chi connectivity index (χ1v) is 9.62. The molecule has 1 saturated heterocycles. The number of carbonyl (C=O) groups is 1. The smallest absolute Gasteiger partial charge is 0.220 e. The molecule has 0 aliphatic carbocycles. The fraction of sp³-hybridized carbons (Fsp3) is 0.474. The summed E-state index contributed by atoms with van der Waals surface area (Å²) in [6.45, 7) is 6.97. The number of rotatable bonds is 7. The van der Waals surface area contributed by atoms with E-state index in [-0.39, 0.29) is 5.91 Å². The van der Waals surface area contributed by atoms with E-state index in [4.69, 9.17) is 4.74 Å². The van der Waals surface area contributed by atoms with Crippen LogP contribution in [0.3, 0.4) is 0 Å². The highest BCUT2D eigenvalue weighted by molar-refractivity contribution is 7.09. The summed E-state index contributed by atoms with van der Waals surface area (Å²) in [5.41, 5.74) is 3.52. The minimum Gasteiger partial charge on any atom is -0.379 e. The summed E-state index contributed by atoms with van der Waals surface area (Å²) in [4.78, 5) is 19.0. The van der Waals surface area contributed by atoms with E-state index in [0.717, 1.165) is 50.0 Å². The second kappa shape index (κ2) is 9.08. The van der Waals surface area contributed by atoms with E-state index in [9.17, 15) is 4.79 Å². The number of morpholine rings is 1. The van der Waals surface area contributed by atoms with Crippen LogP contribution in [-0.2, 0) is 29.0 Å². The normalized spacial score (nSPS) is 15.2. The number of hydrogen-bond acceptors (Lipinski definition) is 5. The number of benzene rings is 1. The Morgan fingerprint density at radius 3 is 2.80 bits per heavy atom. The largest absolute Gasteiger partial charge is 0.379 e. The molecule has 6 heteroatoms. The van der Waals surface area contributed by atoms with Crippen molar-refractivity contribution in [2.45, 2.75) is 32.9 Å². The van der Waals surface area contributed by atoms with E-state index < -0.39 is 0 Å². The van der Waals surface area contributed by atoms with E-state index in [1.807, 2.05) is 0 Å². The van der Waals surface area contributed by atoms with Gasteiger partial charge >= 0.3 is 0 Å². The molecule has 0 radical (unpaired) electrons. The van der Waals surface area contributed by atoms with Gasteiger partial charge in [0.25, 0.3) is 0 Å². The Morgan fingerprint density at radius 1 is 1.28 bits per heavy atom. The van der Waals surface area contributed by atoms with Crippen molar-refractivity contribution in [3.05, 3.63) is 51.5 Å². The summed E-state index contributed by atoms with van der Waals surface area (Å²) in [6, 6.07) is 8.33. The number of carbonyl (C=O) groups excluding carboxylic acids is 1. The molecule has 1 aromatic carbocycles. The van der Waals surface area contributed by atoms with Gasteiger partial charge in [-0.1, -0.05) is 29.8 Å². The van der Waals surface area contributed by atoms with Crippen molar-refractivity contribution in [2.24, 2.45) is 0 Å². The predicted octanol–water partition coefficient (Wildman–Crippen LogP) is 2.53. The highest BCUT2D eigenvalue weighted by atomic mass is 32.1. The fourth-order valence-corrected chi connectivity index (χ4v) is 3.49. The maximum atomic E-state index is 12.0. The summed E-state index contributed by atoms with van der Waals surface area (Å²) in [5.74, 6) is 0.0745. The van der Waals surface area contributed by atoms with E-state index in [2.05, 4.69) is 51.8 Å². The summed E-state index contributed by atoms with van der Waals surface area (Å²) in [7, 11) is 0. The average Bonchev–Trinajstić information content (AvgIpc) is 3.08. The van der Waals surface area contributed by atoms with Crippen molar-refractivity contribution < 1.29 is 9.53 Å². The number of amides is 1. The van der Waals surface area contributed by atoms with E-state index in [0.29, 0.717) is 13.0 Å². The molecule has 2 heterocycles. The van der Waals surface area contributed by atoms with Crippen molar-refractivity contribution in [1.29, 1.82) is 0 Å². The van der Waals surface area contributed by atoms with Gasteiger partial charge in [-0.2, -0.15) is 0 Å². The van der Waals surface area contributed by atoms with Crippen molar-refractivity contribution in [3.63, 3.8) is 0 Å². The number of aromatic nitrogens is 1. The summed E-state index contributed by atoms with van der Waals surface area (Å²) < 4.78 is 5.36. The average molecular weight is 359 g/mol. The van der Waals surface area contributed by atoms with Gasteiger partial charge in [-0.05, 0) is 18.9 Å². The third-order valence-electron chi connectivity index (χ3n) is 4.29. The molecule has 1 N–H and O–H groups in total. The molecule has 1 aliphatic heterocycles. The topological polar surface area (TPSA) is 54.5 Å². The lowest BCUT2D eigenvalue weighted by atomic mass is 10.1. The number of nitrogens with zero attached hydrogens (tertiary/aromatic N) is 2. The van der Waals surface area contributed by atoms with Gasteiger partial charge in [-0.15, -0.1) is 11.3 Å². The van der Waals surface area contributed by atoms with Crippen LogP contribution in [0.2, 0.25) is 0 Å². The first-order chi connectivity index (χ1) is 12.2. The first kappa shape index (κ1) is 18.0. The van der Waals surface area contributed by atoms with Gasteiger partial charge < -0.3 is 10.1 Å². The minimum atomic E-state index is 0.0745. The Labute approximate surface area is 153 Å². The van der Waals surface area contributed by atoms with Crippen LogP contribution >= 0.6 is 11.3 Å². The van der Waals surface area contributed by atoms with Gasteiger partial charge in [-0.3, -0.25) is 9.69 Å². The molecule has 0 spiro atoms. The van der Waals surface area contributed by atoms with Crippen molar-refractivity contribution in [2.75, 3.05) is 26.3 Å². The summed E-state index contributed by atoms with van der Waals surface area (Å²) in [5, 5.41) is 6.02. The minimum absolute atomic E-state index is 0.0745. The molecule has 134 valence electrons. The van der Waals surface area contributed by atoms with E-state index in [1.165, 1.54) is 11.1 Å². The number of ether oxygens (including phenoxy) is 1. The van der Waals surface area contributed by atoms with Gasteiger partial charge in [0.2, 0.25) is 5.91 Å². The van der Waals surface area contributed by atoms with E-state index in [1.54, 1.807) is 11.3 Å². The molecule has 1 aliphatic rings. The zero-order valence-corrected chi connectivity index (χ0v) is 15.5. The zero-order chi connectivity index (χ0) is 17.5. The standard InChI is InChI=1S/C19H25N3O2S/c1-15-2-4-16(5-3-15)6-7-18(23)20-12-19-21-17(14-25-19)13-22-8-10-24-11-9-22/h2-5,14H,6-13H2,1H3,(H,20,23). The highest BCUT2D eigenvalue weighted by Gasteiger charge is 2.13. The molecule has 0 atom stereocenters. The monoisotopic (exact) mass is 359 g/mol. The van der Waals surface area contributed by atoms with Gasteiger partial charge in [0.05, 0.1) is 25.5 Å². The third-order valence-corrected chi connectivity index (χ3v) is 5.18. The number of hydrogen-bond donors (Lipinski definition) is 1. The van der Waals surface area contributed by atoms with E-state index >= 15 is 0 Å². The SMILES string of the molecule is Cc1ccc(CCC(=O)NCc2nc(CN3CCOCC3)cs2)cc1. The number of nitrogens with one attached hydrogen (secondary N) is 1. The Balaban J connectivity index is 1.39. The van der Waals surface area contributed by atoms with Crippen LogP contribution in [0.15, 0.2) is 29.6 Å². The maximum absolute atomic E-state index is 12.0. The molecule has 0 saturated carbocycles. The zero-order valence-electron chi connectivity index (χ0n) is 14.7. The maximum Gasteiger partial charge on any atom is 0.220 e. The van der Waals surface area contributed by atoms with Crippen LogP contribution < -0.4 is 5.32 Å². The van der Waals surface area contributed by atoms with Crippen LogP contribution in [0.25, 0.3) is 0 Å². The molecular formula is C19H25N3O2S. The quantitative estimate of drug-likeness (QED) is 0.825. The van der Waals surface area contributed by atoms with Crippen LogP contribution in [0.4, 0.5) is 0 Å². The third kappa shape index (κ3) is 5.92. The molecule has 5 nitrogen and oxygen atoms in total. The van der Waals surface area contributed by atoms with Crippen LogP contribution in [0.5, 0.6) is 0 Å². The molecule has 1 fully saturated rings. The Hall–Kier alpha value is -1.76. The Bertz CT molecular complexity index is 678. The lowest BCUT2D eigenvalue weighted by Crippen LogP contribution is -2.35. The molecule has 25 heavy (non-hydrogen) atoms. The summed E-state index contributed by atoms with van der Waals surface area (Å²) in [6.07, 6.45) is 1.28. The number of aryl methyl sites for hydroxylation is 2. The Morgan fingerprint density at radius 2 is 2.04 bits per heavy atom. The van der Waals surface area contributed by atoms with Gasteiger partial charge in [0.1, 0.15) is 5.01 Å². The second-order valence-electron chi connectivity index (χ2n) is 6.38. The molecule has 2 aromatic rings. The van der Waals surface area contributed by atoms with Crippen molar-refractivity contribution >= 4 is 17.2 Å². The van der Waals surface area contributed by atoms with Crippen LogP contribution in [0.1, 0.15) is 28.2 Å². The van der Waals surface area contributed by atoms with Crippen LogP contribution in [0, 0.1) is 6.92 Å². The molecule has 3 rings (SSSR count). The van der Waals surface area contributed by atoms with Gasteiger partial charge in [-0.25, -0.2) is 4.98 Å². The predicted molar refractivity (Wildman–Crippen MR) is 99.6 cm³/mol. The highest BCUT2D eigenvalue weighted by Crippen LogP contribution is 2.13. The Kier molecular flexibility index (Phi) is 6.55. The molecule has 1 aromatic heterocycles. The molecule has 1 amide bonds. The lowest BCUT2D eigenvalue weighted by Gasteiger charge is -2.25. The fourth-order valence-electron chi connectivity index (χ4n) is 2.77. The second-order valence-corrected chi connectivity index (χ2v) is 7.33.